The summed E-state index contributed by atoms with van der Waals surface area (Å²) in [6.07, 6.45) is 6.08. The molecule has 2 aromatic heterocycles. The van der Waals surface area contributed by atoms with Gasteiger partial charge in [-0.2, -0.15) is 0 Å². The van der Waals surface area contributed by atoms with Crippen LogP contribution in [0.5, 0.6) is 0 Å². The maximum atomic E-state index is 12.6. The van der Waals surface area contributed by atoms with Crippen LogP contribution in [0.1, 0.15) is 69.1 Å². The van der Waals surface area contributed by atoms with E-state index in [1.165, 1.54) is 11.3 Å². The van der Waals surface area contributed by atoms with Crippen molar-refractivity contribution in [3.05, 3.63) is 37.9 Å². The number of nitrogens with one attached hydrogen (secondary N) is 3. The monoisotopic (exact) mass is 451 g/mol. The van der Waals surface area contributed by atoms with Gasteiger partial charge in [-0.1, -0.05) is 13.3 Å². The van der Waals surface area contributed by atoms with Crippen molar-refractivity contribution in [1.82, 2.24) is 10.9 Å². The number of amides is 1. The van der Waals surface area contributed by atoms with Gasteiger partial charge >= 0.3 is 5.97 Å². The summed E-state index contributed by atoms with van der Waals surface area (Å²) in [5, 5.41) is 5.80. The molecule has 0 spiro atoms. The van der Waals surface area contributed by atoms with E-state index in [-0.39, 0.29) is 17.0 Å². The van der Waals surface area contributed by atoms with Gasteiger partial charge in [0.15, 0.2) is 5.11 Å². The van der Waals surface area contributed by atoms with Crippen LogP contribution >= 0.6 is 34.9 Å². The Balaban J connectivity index is 1.69. The molecule has 0 bridgehead atoms. The van der Waals surface area contributed by atoms with Crippen LogP contribution in [0.15, 0.2) is 11.4 Å². The fourth-order valence-electron chi connectivity index (χ4n) is 3.26. The second-order valence-corrected chi connectivity index (χ2v) is 9.19. The number of aryl methyl sites for hydroxylation is 2. The molecule has 0 aliphatic heterocycles. The summed E-state index contributed by atoms with van der Waals surface area (Å²) in [4.78, 5) is 27.2. The summed E-state index contributed by atoms with van der Waals surface area (Å²) >= 11 is 8.43. The zero-order valence-electron chi connectivity index (χ0n) is 16.6. The third-order valence-electron chi connectivity index (χ3n) is 4.68. The maximum absolute atomic E-state index is 12.6. The first-order valence-corrected chi connectivity index (χ1v) is 11.9. The van der Waals surface area contributed by atoms with Crippen LogP contribution in [0.25, 0.3) is 0 Å². The smallest absolute Gasteiger partial charge is 0.341 e. The molecule has 1 amide bonds. The Labute approximate surface area is 184 Å². The number of rotatable bonds is 5. The lowest BCUT2D eigenvalue weighted by Crippen LogP contribution is -2.43. The molecule has 0 atom stereocenters. The fourth-order valence-corrected chi connectivity index (χ4v) is 5.57. The van der Waals surface area contributed by atoms with E-state index < -0.39 is 0 Å². The number of carbonyl (C=O) groups is 2. The molecule has 9 heteroatoms. The number of thiocarbonyl (C=S) groups is 1. The third-order valence-corrected chi connectivity index (χ3v) is 7.17. The number of esters is 1. The van der Waals surface area contributed by atoms with E-state index >= 15 is 0 Å². The highest BCUT2D eigenvalue weighted by molar-refractivity contribution is 7.80. The molecule has 3 rings (SSSR count). The van der Waals surface area contributed by atoms with Crippen molar-refractivity contribution in [3.8, 4) is 0 Å². The molecular weight excluding hydrogens is 426 g/mol. The summed E-state index contributed by atoms with van der Waals surface area (Å²) in [6.45, 7) is 4.17. The third kappa shape index (κ3) is 5.34. The number of hydrogen-bond donors (Lipinski definition) is 3. The number of hydrogen-bond acceptors (Lipinski definition) is 6. The van der Waals surface area contributed by atoms with E-state index in [0.29, 0.717) is 22.7 Å². The van der Waals surface area contributed by atoms with Gasteiger partial charge < -0.3 is 10.1 Å². The van der Waals surface area contributed by atoms with Crippen molar-refractivity contribution in [2.75, 3.05) is 11.9 Å². The highest BCUT2D eigenvalue weighted by Crippen LogP contribution is 2.38. The molecule has 6 nitrogen and oxygen atoms in total. The molecule has 0 radical (unpaired) electrons. The molecule has 3 N–H and O–H groups in total. The number of anilines is 1. The van der Waals surface area contributed by atoms with Crippen molar-refractivity contribution in [2.24, 2.45) is 0 Å². The van der Waals surface area contributed by atoms with Gasteiger partial charge in [0.1, 0.15) is 5.00 Å². The summed E-state index contributed by atoms with van der Waals surface area (Å²) < 4.78 is 5.28. The van der Waals surface area contributed by atoms with Crippen LogP contribution in [0.2, 0.25) is 0 Å². The lowest BCUT2D eigenvalue weighted by molar-refractivity contribution is 0.0526. The van der Waals surface area contributed by atoms with Gasteiger partial charge in [0.2, 0.25) is 0 Å². The number of ether oxygens (including phenoxy) is 1. The molecule has 0 aromatic carbocycles. The maximum Gasteiger partial charge on any atom is 0.341 e. The fraction of sp³-hybridized carbons (Fsp3) is 0.450. The first-order chi connectivity index (χ1) is 14.0. The number of thiophene rings is 2. The van der Waals surface area contributed by atoms with E-state index in [2.05, 4.69) is 23.1 Å². The second-order valence-electron chi connectivity index (χ2n) is 6.68. The Morgan fingerprint density at radius 1 is 1.17 bits per heavy atom. The topological polar surface area (TPSA) is 79.5 Å². The van der Waals surface area contributed by atoms with Crippen LogP contribution in [0, 0.1) is 0 Å². The van der Waals surface area contributed by atoms with Crippen LogP contribution in [0.3, 0.4) is 0 Å². The molecule has 0 fully saturated rings. The predicted octanol–water partition coefficient (Wildman–Crippen LogP) is 4.45. The Hall–Kier alpha value is -1.97. The minimum atomic E-state index is -0.327. The standard InChI is InChI=1S/C20H25N3O3S3/c1-3-13-10-12(11-28-13)17(24)22-23-20(27)21-18-16(19(25)26-4-2)14-8-6-5-7-9-15(14)29-18/h10-11H,3-9H2,1-2H3,(H,22,24)(H2,21,23,27). The summed E-state index contributed by atoms with van der Waals surface area (Å²) in [5.74, 6) is -0.579. The molecule has 2 aromatic rings. The molecule has 156 valence electrons. The second kappa shape index (κ2) is 10.2. The Kier molecular flexibility index (Phi) is 7.63. The average Bonchev–Trinajstić information content (AvgIpc) is 3.25. The van der Waals surface area contributed by atoms with Gasteiger partial charge in [-0.25, -0.2) is 4.79 Å². The van der Waals surface area contributed by atoms with Gasteiger partial charge in [0.05, 0.1) is 17.7 Å². The van der Waals surface area contributed by atoms with Crippen molar-refractivity contribution < 1.29 is 14.3 Å². The largest absolute Gasteiger partial charge is 0.462 e. The molecular formula is C20H25N3O3S3. The SMILES string of the molecule is CCOC(=O)c1c(NC(=S)NNC(=O)c2csc(CC)c2)sc2c1CCCCC2. The molecule has 2 heterocycles. The van der Waals surface area contributed by atoms with Crippen molar-refractivity contribution in [3.63, 3.8) is 0 Å². The molecule has 0 unspecified atom stereocenters. The molecule has 29 heavy (non-hydrogen) atoms. The zero-order valence-corrected chi connectivity index (χ0v) is 19.0. The van der Waals surface area contributed by atoms with Gasteiger partial charge in [-0.05, 0) is 62.9 Å². The van der Waals surface area contributed by atoms with Gasteiger partial charge in [0.25, 0.3) is 5.91 Å². The van der Waals surface area contributed by atoms with Gasteiger partial charge in [0, 0.05) is 15.1 Å². The lowest BCUT2D eigenvalue weighted by Gasteiger charge is -2.12. The average molecular weight is 452 g/mol. The lowest BCUT2D eigenvalue weighted by atomic mass is 10.1. The van der Waals surface area contributed by atoms with E-state index in [4.69, 9.17) is 17.0 Å². The van der Waals surface area contributed by atoms with Crippen LogP contribution < -0.4 is 16.2 Å². The molecule has 1 aliphatic rings. The summed E-state index contributed by atoms with van der Waals surface area (Å²) in [6, 6.07) is 1.87. The van der Waals surface area contributed by atoms with Gasteiger partial charge in [-0.15, -0.1) is 22.7 Å². The van der Waals surface area contributed by atoms with Crippen molar-refractivity contribution in [2.45, 2.75) is 52.4 Å². The van der Waals surface area contributed by atoms with Crippen molar-refractivity contribution >= 4 is 56.9 Å². The first-order valence-electron chi connectivity index (χ1n) is 9.79. The number of hydrazine groups is 1. The normalized spacial score (nSPS) is 13.2. The summed E-state index contributed by atoms with van der Waals surface area (Å²) in [5.41, 5.74) is 7.58. The van der Waals surface area contributed by atoms with Crippen LogP contribution in [-0.2, 0) is 24.0 Å². The van der Waals surface area contributed by atoms with Gasteiger partial charge in [-0.3, -0.25) is 15.6 Å². The highest BCUT2D eigenvalue weighted by atomic mass is 32.1. The Morgan fingerprint density at radius 3 is 2.69 bits per heavy atom. The Morgan fingerprint density at radius 2 is 1.97 bits per heavy atom. The summed E-state index contributed by atoms with van der Waals surface area (Å²) in [7, 11) is 0. The molecule has 0 saturated heterocycles. The van der Waals surface area contributed by atoms with E-state index in [9.17, 15) is 9.59 Å². The first kappa shape index (κ1) is 21.7. The Bertz CT molecular complexity index is 904. The van der Waals surface area contributed by atoms with Crippen LogP contribution in [0.4, 0.5) is 5.00 Å². The zero-order chi connectivity index (χ0) is 20.8. The van der Waals surface area contributed by atoms with E-state index in [1.807, 2.05) is 11.4 Å². The number of fused-ring (bicyclic) bond motifs is 1. The van der Waals surface area contributed by atoms with E-state index in [0.717, 1.165) is 42.5 Å². The van der Waals surface area contributed by atoms with Crippen molar-refractivity contribution in [1.29, 1.82) is 0 Å². The quantitative estimate of drug-likeness (QED) is 0.270. The van der Waals surface area contributed by atoms with E-state index in [1.54, 1.807) is 29.6 Å². The highest BCUT2D eigenvalue weighted by Gasteiger charge is 2.26. The van der Waals surface area contributed by atoms with Crippen LogP contribution in [-0.4, -0.2) is 23.6 Å². The minimum Gasteiger partial charge on any atom is -0.462 e. The molecule has 0 saturated carbocycles. The minimum absolute atomic E-state index is 0.228. The number of carbonyl (C=O) groups excluding carboxylic acids is 2. The predicted molar refractivity (Wildman–Crippen MR) is 122 cm³/mol. The molecule has 1 aliphatic carbocycles.